The van der Waals surface area contributed by atoms with Gasteiger partial charge < -0.3 is 9.88 Å². The van der Waals surface area contributed by atoms with E-state index in [0.29, 0.717) is 41.4 Å². The number of nitrogens with zero attached hydrogens (tertiary/aromatic N) is 2. The molecule has 0 bridgehead atoms. The topological polar surface area (TPSA) is 90.6 Å². The fourth-order valence-corrected chi connectivity index (χ4v) is 5.83. The van der Waals surface area contributed by atoms with Crippen molar-refractivity contribution in [1.82, 2.24) is 14.2 Å². The largest absolute Gasteiger partial charge is 0.354 e. The third-order valence-electron chi connectivity index (χ3n) is 5.68. The van der Waals surface area contributed by atoms with Crippen LogP contribution in [0.4, 0.5) is 0 Å². The number of hydrogen-bond acceptors (Lipinski definition) is 4. The van der Waals surface area contributed by atoms with Gasteiger partial charge >= 0.3 is 0 Å². The molecule has 3 rings (SSSR count). The number of aryl methyl sites for hydroxylation is 3. The summed E-state index contributed by atoms with van der Waals surface area (Å²) in [6.07, 6.45) is 0.571. The van der Waals surface area contributed by atoms with Gasteiger partial charge in [-0.15, -0.1) is 0 Å². The van der Waals surface area contributed by atoms with Crippen LogP contribution in [0, 0.1) is 20.8 Å². The summed E-state index contributed by atoms with van der Waals surface area (Å²) in [5, 5.41) is 0. The third-order valence-corrected chi connectivity index (χ3v) is 7.74. The van der Waals surface area contributed by atoms with E-state index in [0.717, 1.165) is 16.7 Å². The van der Waals surface area contributed by atoms with Crippen LogP contribution in [0.15, 0.2) is 23.1 Å². The molecule has 1 N–H and O–H groups in total. The summed E-state index contributed by atoms with van der Waals surface area (Å²) in [6.45, 7) is 10.0. The molecule has 162 valence electrons. The van der Waals surface area contributed by atoms with E-state index in [4.69, 9.17) is 0 Å². The maximum atomic E-state index is 13.1. The van der Waals surface area contributed by atoms with Gasteiger partial charge in [-0.05, 0) is 51.3 Å². The Bertz CT molecular complexity index is 1090. The summed E-state index contributed by atoms with van der Waals surface area (Å²) in [5.41, 5.74) is 4.18. The molecule has 1 amide bonds. The summed E-state index contributed by atoms with van der Waals surface area (Å²) in [7, 11) is -3.61. The first-order valence-corrected chi connectivity index (χ1v) is 11.6. The Hall–Kier alpha value is -2.45. The molecule has 2 heterocycles. The molecule has 1 aromatic carbocycles. The SMILES string of the molecule is CCc1c(C(=O)N2CCN(S(=O)(=O)c3ccc(C)cc3C)CC2)[nH]c(C)c1C(C)=O. The second kappa shape index (κ2) is 8.35. The molecule has 1 fully saturated rings. The van der Waals surface area contributed by atoms with Gasteiger partial charge in [-0.1, -0.05) is 24.6 Å². The smallest absolute Gasteiger partial charge is 0.270 e. The van der Waals surface area contributed by atoms with Crippen molar-refractivity contribution in [3.05, 3.63) is 51.8 Å². The number of Topliss-reactive ketones (excluding diaryl/α,β-unsaturated/α-hetero) is 1. The van der Waals surface area contributed by atoms with E-state index in [1.807, 2.05) is 19.9 Å². The molecule has 0 unspecified atom stereocenters. The molecule has 0 saturated carbocycles. The van der Waals surface area contributed by atoms with Crippen molar-refractivity contribution >= 4 is 21.7 Å². The molecular weight excluding hydrogens is 402 g/mol. The summed E-state index contributed by atoms with van der Waals surface area (Å²) in [5.74, 6) is -0.255. The molecule has 7 nitrogen and oxygen atoms in total. The number of benzene rings is 1. The molecule has 1 aliphatic heterocycles. The average molecular weight is 432 g/mol. The lowest BCUT2D eigenvalue weighted by atomic mass is 10.0. The number of amides is 1. The zero-order valence-electron chi connectivity index (χ0n) is 18.2. The Balaban J connectivity index is 1.78. The lowest BCUT2D eigenvalue weighted by Crippen LogP contribution is -2.50. The van der Waals surface area contributed by atoms with Crippen LogP contribution in [0.25, 0.3) is 0 Å². The van der Waals surface area contributed by atoms with Gasteiger partial charge in [0.2, 0.25) is 10.0 Å². The highest BCUT2D eigenvalue weighted by atomic mass is 32.2. The van der Waals surface area contributed by atoms with Crippen molar-refractivity contribution < 1.29 is 18.0 Å². The molecule has 0 spiro atoms. The monoisotopic (exact) mass is 431 g/mol. The number of H-pyrrole nitrogens is 1. The number of carbonyl (C=O) groups excluding carboxylic acids is 2. The van der Waals surface area contributed by atoms with Crippen LogP contribution in [-0.2, 0) is 16.4 Å². The van der Waals surface area contributed by atoms with Crippen molar-refractivity contribution in [2.24, 2.45) is 0 Å². The minimum absolute atomic E-state index is 0.0657. The van der Waals surface area contributed by atoms with Crippen LogP contribution in [0.5, 0.6) is 0 Å². The highest BCUT2D eigenvalue weighted by Gasteiger charge is 2.33. The van der Waals surface area contributed by atoms with Crippen molar-refractivity contribution in [3.8, 4) is 0 Å². The number of ketones is 1. The molecule has 1 aliphatic rings. The first kappa shape index (κ1) is 22.2. The summed E-state index contributed by atoms with van der Waals surface area (Å²) in [4.78, 5) is 30.1. The molecule has 8 heteroatoms. The Morgan fingerprint density at radius 3 is 2.23 bits per heavy atom. The molecular formula is C22H29N3O4S. The van der Waals surface area contributed by atoms with Crippen molar-refractivity contribution in [2.45, 2.75) is 45.9 Å². The number of hydrogen-bond donors (Lipinski definition) is 1. The maximum Gasteiger partial charge on any atom is 0.270 e. The fourth-order valence-electron chi connectivity index (χ4n) is 4.21. The maximum absolute atomic E-state index is 13.1. The number of carbonyl (C=O) groups is 2. The van der Waals surface area contributed by atoms with Gasteiger partial charge in [-0.3, -0.25) is 9.59 Å². The third kappa shape index (κ3) is 3.94. The normalized spacial score (nSPS) is 15.4. The number of nitrogens with one attached hydrogen (secondary N) is 1. The van der Waals surface area contributed by atoms with E-state index < -0.39 is 10.0 Å². The zero-order chi connectivity index (χ0) is 22.2. The Morgan fingerprint density at radius 2 is 1.70 bits per heavy atom. The lowest BCUT2D eigenvalue weighted by molar-refractivity contribution is 0.0691. The van der Waals surface area contributed by atoms with E-state index in [2.05, 4.69) is 4.98 Å². The van der Waals surface area contributed by atoms with Gasteiger partial charge in [0.25, 0.3) is 5.91 Å². The molecule has 1 saturated heterocycles. The number of rotatable bonds is 5. The number of piperazine rings is 1. The highest BCUT2D eigenvalue weighted by molar-refractivity contribution is 7.89. The second-order valence-corrected chi connectivity index (χ2v) is 9.76. The van der Waals surface area contributed by atoms with E-state index in [9.17, 15) is 18.0 Å². The Labute approximate surface area is 178 Å². The van der Waals surface area contributed by atoms with E-state index >= 15 is 0 Å². The van der Waals surface area contributed by atoms with Gasteiger partial charge in [-0.2, -0.15) is 4.31 Å². The van der Waals surface area contributed by atoms with Crippen molar-refractivity contribution in [1.29, 1.82) is 0 Å². The lowest BCUT2D eigenvalue weighted by Gasteiger charge is -2.34. The fraction of sp³-hybridized carbons (Fsp3) is 0.455. The van der Waals surface area contributed by atoms with Crippen LogP contribution in [0.3, 0.4) is 0 Å². The van der Waals surface area contributed by atoms with E-state index in [-0.39, 0.29) is 24.8 Å². The molecule has 0 atom stereocenters. The van der Waals surface area contributed by atoms with Gasteiger partial charge in [0.05, 0.1) is 4.90 Å². The summed E-state index contributed by atoms with van der Waals surface area (Å²) < 4.78 is 27.6. The van der Waals surface area contributed by atoms with Gasteiger partial charge in [0, 0.05) is 37.4 Å². The molecule has 1 aromatic heterocycles. The highest BCUT2D eigenvalue weighted by Crippen LogP contribution is 2.25. The van der Waals surface area contributed by atoms with Crippen LogP contribution in [-0.4, -0.2) is 60.5 Å². The van der Waals surface area contributed by atoms with Gasteiger partial charge in [-0.25, -0.2) is 8.42 Å². The van der Waals surface area contributed by atoms with Crippen LogP contribution in [0.1, 0.15) is 57.1 Å². The van der Waals surface area contributed by atoms with Crippen molar-refractivity contribution in [2.75, 3.05) is 26.2 Å². The summed E-state index contributed by atoms with van der Waals surface area (Å²) >= 11 is 0. The number of sulfonamides is 1. The van der Waals surface area contributed by atoms with Crippen molar-refractivity contribution in [3.63, 3.8) is 0 Å². The molecule has 0 radical (unpaired) electrons. The molecule has 0 aliphatic carbocycles. The van der Waals surface area contributed by atoms with Crippen LogP contribution < -0.4 is 0 Å². The van der Waals surface area contributed by atoms with E-state index in [1.165, 1.54) is 11.2 Å². The minimum Gasteiger partial charge on any atom is -0.354 e. The second-order valence-electron chi connectivity index (χ2n) is 7.85. The first-order chi connectivity index (χ1) is 14.1. The van der Waals surface area contributed by atoms with Crippen LogP contribution in [0.2, 0.25) is 0 Å². The predicted octanol–water partition coefficient (Wildman–Crippen LogP) is 2.85. The average Bonchev–Trinajstić information content (AvgIpc) is 3.03. The Morgan fingerprint density at radius 1 is 1.07 bits per heavy atom. The standard InChI is InChI=1S/C22H29N3O4S/c1-6-18-20(17(5)26)16(4)23-21(18)22(27)24-9-11-25(12-10-24)30(28,29)19-8-7-14(2)13-15(19)3/h7-8,13,23H,6,9-12H2,1-5H3. The van der Waals surface area contributed by atoms with Gasteiger partial charge in [0.1, 0.15) is 5.69 Å². The Kier molecular flexibility index (Phi) is 6.19. The quantitative estimate of drug-likeness (QED) is 0.737. The summed E-state index contributed by atoms with van der Waals surface area (Å²) in [6, 6.07) is 5.31. The molecule has 2 aromatic rings. The zero-order valence-corrected chi connectivity index (χ0v) is 19.0. The van der Waals surface area contributed by atoms with Gasteiger partial charge in [0.15, 0.2) is 5.78 Å². The molecule has 30 heavy (non-hydrogen) atoms. The first-order valence-electron chi connectivity index (χ1n) is 10.2. The minimum atomic E-state index is -3.61. The van der Waals surface area contributed by atoms with Crippen LogP contribution >= 0.6 is 0 Å². The number of aromatic amines is 1. The van der Waals surface area contributed by atoms with E-state index in [1.54, 1.807) is 30.9 Å². The predicted molar refractivity (Wildman–Crippen MR) is 115 cm³/mol. The number of aromatic nitrogens is 1.